The van der Waals surface area contributed by atoms with Gasteiger partial charge in [-0.05, 0) is 30.3 Å². The lowest BCUT2D eigenvalue weighted by molar-refractivity contribution is -0.286. The van der Waals surface area contributed by atoms with E-state index in [1.165, 1.54) is 30.3 Å². The largest absolute Gasteiger partial charge is 0.586 e. The maximum Gasteiger partial charge on any atom is 0.586 e. The van der Waals surface area contributed by atoms with Gasteiger partial charge in [0.15, 0.2) is 11.5 Å². The van der Waals surface area contributed by atoms with E-state index in [4.69, 9.17) is 16.9 Å². The molecule has 1 heterocycles. The van der Waals surface area contributed by atoms with Crippen molar-refractivity contribution in [2.24, 2.45) is 0 Å². The number of amides is 1. The number of rotatable bonds is 4. The second-order valence-corrected chi connectivity index (χ2v) is 5.44. The number of carbonyl (C=O) groups is 1. The summed E-state index contributed by atoms with van der Waals surface area (Å²) in [5.41, 5.74) is 1.14. The molecule has 1 aliphatic heterocycles. The zero-order valence-corrected chi connectivity index (χ0v) is 13.2. The van der Waals surface area contributed by atoms with E-state index in [1.54, 1.807) is 6.07 Å². The number of carbonyl (C=O) groups excluding carboxylic acids is 1. The standard InChI is InChI=1S/C16H10ClF2N3O3/c17-12-5-11(2-1-9(12)7-20)22-15(23)8-21-10-3-4-13-14(6-10)25-16(18,19)24-13/h1-6,21H,8H2,(H,22,23). The molecule has 0 unspecified atom stereocenters. The number of benzene rings is 2. The molecule has 128 valence electrons. The first-order valence-corrected chi connectivity index (χ1v) is 7.37. The minimum absolute atomic E-state index is 0.0766. The normalized spacial score (nSPS) is 13.8. The first-order chi connectivity index (χ1) is 11.9. The van der Waals surface area contributed by atoms with Crippen LogP contribution in [-0.2, 0) is 4.79 Å². The number of nitrogens with one attached hydrogen (secondary N) is 2. The van der Waals surface area contributed by atoms with Crippen LogP contribution in [0.5, 0.6) is 11.5 Å². The van der Waals surface area contributed by atoms with Gasteiger partial charge in [0, 0.05) is 17.4 Å². The minimum Gasteiger partial charge on any atom is -0.395 e. The molecule has 0 aliphatic carbocycles. The number of anilines is 2. The predicted molar refractivity (Wildman–Crippen MR) is 85.9 cm³/mol. The summed E-state index contributed by atoms with van der Waals surface area (Å²) in [7, 11) is 0. The van der Waals surface area contributed by atoms with Crippen LogP contribution in [-0.4, -0.2) is 18.7 Å². The van der Waals surface area contributed by atoms with Gasteiger partial charge in [0.2, 0.25) is 5.91 Å². The summed E-state index contributed by atoms with van der Waals surface area (Å²) < 4.78 is 34.5. The van der Waals surface area contributed by atoms with Gasteiger partial charge in [-0.15, -0.1) is 8.78 Å². The fraction of sp³-hybridized carbons (Fsp3) is 0.125. The van der Waals surface area contributed by atoms with Crippen LogP contribution in [0.2, 0.25) is 5.02 Å². The Hall–Kier alpha value is -3.05. The van der Waals surface area contributed by atoms with E-state index in [1.807, 2.05) is 6.07 Å². The highest BCUT2D eigenvalue weighted by molar-refractivity contribution is 6.32. The fourth-order valence-corrected chi connectivity index (χ4v) is 2.35. The summed E-state index contributed by atoms with van der Waals surface area (Å²) in [4.78, 5) is 11.9. The van der Waals surface area contributed by atoms with Gasteiger partial charge in [-0.1, -0.05) is 11.6 Å². The van der Waals surface area contributed by atoms with Crippen LogP contribution in [0.25, 0.3) is 0 Å². The highest BCUT2D eigenvalue weighted by atomic mass is 35.5. The van der Waals surface area contributed by atoms with Crippen LogP contribution in [0, 0.1) is 11.3 Å². The molecule has 6 nitrogen and oxygen atoms in total. The molecule has 0 spiro atoms. The molecule has 1 aliphatic rings. The molecule has 9 heteroatoms. The molecule has 2 N–H and O–H groups in total. The SMILES string of the molecule is N#Cc1ccc(NC(=O)CNc2ccc3c(c2)OC(F)(F)O3)cc1Cl. The van der Waals surface area contributed by atoms with Crippen LogP contribution in [0.4, 0.5) is 20.2 Å². The Labute approximate surface area is 145 Å². The van der Waals surface area contributed by atoms with E-state index in [2.05, 4.69) is 20.1 Å². The van der Waals surface area contributed by atoms with Gasteiger partial charge in [-0.3, -0.25) is 4.79 Å². The van der Waals surface area contributed by atoms with Crippen LogP contribution in [0.1, 0.15) is 5.56 Å². The van der Waals surface area contributed by atoms with Gasteiger partial charge in [0.25, 0.3) is 0 Å². The zero-order chi connectivity index (χ0) is 18.0. The van der Waals surface area contributed by atoms with Crippen molar-refractivity contribution in [3.63, 3.8) is 0 Å². The Morgan fingerprint density at radius 1 is 1.16 bits per heavy atom. The summed E-state index contributed by atoms with van der Waals surface area (Å²) >= 11 is 5.89. The van der Waals surface area contributed by atoms with Crippen molar-refractivity contribution in [2.45, 2.75) is 6.29 Å². The molecule has 0 radical (unpaired) electrons. The van der Waals surface area contributed by atoms with Crippen molar-refractivity contribution in [2.75, 3.05) is 17.2 Å². The molecule has 25 heavy (non-hydrogen) atoms. The third-order valence-electron chi connectivity index (χ3n) is 3.23. The Balaban J connectivity index is 1.58. The molecule has 0 atom stereocenters. The van der Waals surface area contributed by atoms with Gasteiger partial charge in [-0.25, -0.2) is 0 Å². The van der Waals surface area contributed by atoms with Crippen molar-refractivity contribution in [1.82, 2.24) is 0 Å². The molecular formula is C16H10ClF2N3O3. The van der Waals surface area contributed by atoms with Crippen LogP contribution in [0.3, 0.4) is 0 Å². The molecule has 2 aromatic carbocycles. The maximum atomic E-state index is 13.0. The number of nitriles is 1. The average Bonchev–Trinajstić information content (AvgIpc) is 2.86. The molecule has 0 saturated carbocycles. The monoisotopic (exact) mass is 365 g/mol. The van der Waals surface area contributed by atoms with Gasteiger partial charge in [0.1, 0.15) is 6.07 Å². The average molecular weight is 366 g/mol. The summed E-state index contributed by atoms with van der Waals surface area (Å²) in [6, 6.07) is 10.5. The first-order valence-electron chi connectivity index (χ1n) is 6.99. The lowest BCUT2D eigenvalue weighted by Crippen LogP contribution is -2.25. The van der Waals surface area contributed by atoms with E-state index in [0.29, 0.717) is 16.9 Å². The van der Waals surface area contributed by atoms with Crippen molar-refractivity contribution in [3.8, 4) is 17.6 Å². The van der Waals surface area contributed by atoms with Gasteiger partial charge in [0.05, 0.1) is 17.1 Å². The molecule has 3 rings (SSSR count). The van der Waals surface area contributed by atoms with Gasteiger partial charge < -0.3 is 20.1 Å². The minimum atomic E-state index is -3.69. The van der Waals surface area contributed by atoms with Crippen LogP contribution < -0.4 is 20.1 Å². The molecular weight excluding hydrogens is 356 g/mol. The van der Waals surface area contributed by atoms with E-state index in [-0.39, 0.29) is 29.0 Å². The number of nitrogens with zero attached hydrogens (tertiary/aromatic N) is 1. The van der Waals surface area contributed by atoms with E-state index < -0.39 is 6.29 Å². The third kappa shape index (κ3) is 3.89. The maximum absolute atomic E-state index is 13.0. The number of alkyl halides is 2. The quantitative estimate of drug-likeness (QED) is 0.865. The molecule has 2 aromatic rings. The Morgan fingerprint density at radius 2 is 1.88 bits per heavy atom. The zero-order valence-electron chi connectivity index (χ0n) is 12.5. The third-order valence-corrected chi connectivity index (χ3v) is 3.54. The second kappa shape index (κ2) is 6.45. The summed E-state index contributed by atoms with van der Waals surface area (Å²) in [5.74, 6) is -0.578. The molecule has 0 bridgehead atoms. The smallest absolute Gasteiger partial charge is 0.395 e. The number of halogens is 3. The Morgan fingerprint density at radius 3 is 2.60 bits per heavy atom. The molecule has 0 aromatic heterocycles. The van der Waals surface area contributed by atoms with E-state index in [9.17, 15) is 13.6 Å². The van der Waals surface area contributed by atoms with Gasteiger partial charge in [-0.2, -0.15) is 5.26 Å². The number of hydrogen-bond donors (Lipinski definition) is 2. The van der Waals surface area contributed by atoms with Gasteiger partial charge >= 0.3 is 6.29 Å². The lowest BCUT2D eigenvalue weighted by atomic mass is 10.2. The summed E-state index contributed by atoms with van der Waals surface area (Å²) in [6.45, 7) is -0.117. The van der Waals surface area contributed by atoms with Crippen molar-refractivity contribution in [1.29, 1.82) is 5.26 Å². The second-order valence-electron chi connectivity index (χ2n) is 5.04. The molecule has 1 amide bonds. The van der Waals surface area contributed by atoms with Crippen molar-refractivity contribution < 1.29 is 23.0 Å². The first kappa shape index (κ1) is 16.8. The number of hydrogen-bond acceptors (Lipinski definition) is 5. The van der Waals surface area contributed by atoms with Crippen LogP contribution >= 0.6 is 11.6 Å². The topological polar surface area (TPSA) is 83.4 Å². The van der Waals surface area contributed by atoms with Crippen LogP contribution in [0.15, 0.2) is 36.4 Å². The fourth-order valence-electron chi connectivity index (χ4n) is 2.13. The predicted octanol–water partition coefficient (Wildman–Crippen LogP) is 3.58. The molecule has 0 fully saturated rings. The lowest BCUT2D eigenvalue weighted by Gasteiger charge is -2.09. The summed E-state index contributed by atoms with van der Waals surface area (Å²) in [5, 5.41) is 14.4. The number of fused-ring (bicyclic) bond motifs is 1. The van der Waals surface area contributed by atoms with E-state index >= 15 is 0 Å². The molecule has 0 saturated heterocycles. The number of ether oxygens (including phenoxy) is 2. The summed E-state index contributed by atoms with van der Waals surface area (Å²) in [6.07, 6.45) is -3.69. The highest BCUT2D eigenvalue weighted by Gasteiger charge is 2.43. The Kier molecular flexibility index (Phi) is 4.33. The van der Waals surface area contributed by atoms with E-state index in [0.717, 1.165) is 0 Å². The highest BCUT2D eigenvalue weighted by Crippen LogP contribution is 2.42. The van der Waals surface area contributed by atoms with Crippen molar-refractivity contribution >= 4 is 28.9 Å². The Bertz CT molecular complexity index is 883. The van der Waals surface area contributed by atoms with Crippen molar-refractivity contribution in [3.05, 3.63) is 47.0 Å².